The van der Waals surface area contributed by atoms with Crippen molar-refractivity contribution in [3.05, 3.63) is 0 Å². The summed E-state index contributed by atoms with van der Waals surface area (Å²) in [7, 11) is 0. The van der Waals surface area contributed by atoms with E-state index in [9.17, 15) is 4.79 Å². The summed E-state index contributed by atoms with van der Waals surface area (Å²) in [5, 5.41) is 0. The minimum absolute atomic E-state index is 0.0383. The average Bonchev–Trinajstić information content (AvgIpc) is 2.15. The van der Waals surface area contributed by atoms with Gasteiger partial charge in [-0.05, 0) is 44.4 Å². The maximum Gasteiger partial charge on any atom is 0.306 e. The summed E-state index contributed by atoms with van der Waals surface area (Å²) in [6.07, 6.45) is 5.48. The van der Waals surface area contributed by atoms with E-state index in [0.29, 0.717) is 18.3 Å². The molecule has 2 heteroatoms. The molecule has 2 nitrogen and oxygen atoms in total. The fourth-order valence-electron chi connectivity index (χ4n) is 2.71. The first kappa shape index (κ1) is 14.5. The summed E-state index contributed by atoms with van der Waals surface area (Å²) in [5.74, 6) is 1.72. The monoisotopic (exact) mass is 240 g/mol. The Morgan fingerprint density at radius 3 is 2.24 bits per heavy atom. The van der Waals surface area contributed by atoms with Crippen LogP contribution in [0.25, 0.3) is 0 Å². The lowest BCUT2D eigenvalue weighted by atomic mass is 9.75. The van der Waals surface area contributed by atoms with Gasteiger partial charge < -0.3 is 4.74 Å². The van der Waals surface area contributed by atoms with Gasteiger partial charge in [0.2, 0.25) is 0 Å². The van der Waals surface area contributed by atoms with Crippen molar-refractivity contribution < 1.29 is 9.53 Å². The number of hydrogen-bond acceptors (Lipinski definition) is 2. The number of ether oxygens (including phenoxy) is 1. The van der Waals surface area contributed by atoms with Crippen LogP contribution in [0.15, 0.2) is 0 Å². The molecule has 1 aliphatic rings. The minimum Gasteiger partial charge on any atom is -0.459 e. The molecular formula is C15H28O2. The van der Waals surface area contributed by atoms with E-state index < -0.39 is 0 Å². The summed E-state index contributed by atoms with van der Waals surface area (Å²) in [5.41, 5.74) is -0.286. The van der Waals surface area contributed by atoms with E-state index in [1.54, 1.807) is 0 Å². The summed E-state index contributed by atoms with van der Waals surface area (Å²) < 4.78 is 5.68. The Balaban J connectivity index is 2.47. The molecule has 0 atom stereocenters. The first-order valence-corrected chi connectivity index (χ1v) is 7.03. The van der Waals surface area contributed by atoms with Crippen molar-refractivity contribution in [2.75, 3.05) is 0 Å². The lowest BCUT2D eigenvalue weighted by Crippen LogP contribution is -2.38. The zero-order chi connectivity index (χ0) is 13.1. The summed E-state index contributed by atoms with van der Waals surface area (Å²) in [6.45, 7) is 10.6. The van der Waals surface area contributed by atoms with Crippen molar-refractivity contribution in [3.63, 3.8) is 0 Å². The fourth-order valence-corrected chi connectivity index (χ4v) is 2.71. The van der Waals surface area contributed by atoms with Gasteiger partial charge in [-0.15, -0.1) is 0 Å². The number of esters is 1. The van der Waals surface area contributed by atoms with E-state index in [4.69, 9.17) is 4.74 Å². The van der Waals surface area contributed by atoms with Gasteiger partial charge in [0.25, 0.3) is 0 Å². The van der Waals surface area contributed by atoms with E-state index in [1.165, 1.54) is 25.7 Å². The predicted molar refractivity (Wildman–Crippen MR) is 70.7 cm³/mol. The minimum atomic E-state index is -0.286. The molecular weight excluding hydrogens is 212 g/mol. The third kappa shape index (κ3) is 4.69. The highest BCUT2D eigenvalue weighted by atomic mass is 16.6. The van der Waals surface area contributed by atoms with Gasteiger partial charge in [-0.2, -0.15) is 0 Å². The molecule has 0 aromatic carbocycles. The Labute approximate surface area is 106 Å². The Morgan fingerprint density at radius 2 is 1.76 bits per heavy atom. The molecule has 0 spiro atoms. The summed E-state index contributed by atoms with van der Waals surface area (Å²) >= 11 is 0. The molecule has 0 unspecified atom stereocenters. The number of rotatable bonds is 4. The molecule has 0 aliphatic heterocycles. The quantitative estimate of drug-likeness (QED) is 0.689. The van der Waals surface area contributed by atoms with Crippen molar-refractivity contribution >= 4 is 5.97 Å². The molecule has 1 saturated carbocycles. The zero-order valence-electron chi connectivity index (χ0n) is 12.1. The number of hydrogen-bond donors (Lipinski definition) is 0. The molecule has 100 valence electrons. The van der Waals surface area contributed by atoms with Crippen LogP contribution in [-0.4, -0.2) is 11.6 Å². The van der Waals surface area contributed by atoms with Gasteiger partial charge in [-0.3, -0.25) is 4.79 Å². The Morgan fingerprint density at radius 1 is 1.24 bits per heavy atom. The van der Waals surface area contributed by atoms with Gasteiger partial charge in [-0.1, -0.05) is 33.6 Å². The van der Waals surface area contributed by atoms with Crippen molar-refractivity contribution in [2.45, 2.75) is 72.3 Å². The van der Waals surface area contributed by atoms with Crippen molar-refractivity contribution in [1.82, 2.24) is 0 Å². The van der Waals surface area contributed by atoms with E-state index in [1.807, 2.05) is 0 Å². The second-order valence-corrected chi connectivity index (χ2v) is 6.63. The molecule has 17 heavy (non-hydrogen) atoms. The Bertz CT molecular complexity index is 248. The normalized spacial score (nSPS) is 26.0. The molecule has 0 amide bonds. The zero-order valence-corrected chi connectivity index (χ0v) is 12.1. The van der Waals surface area contributed by atoms with Crippen molar-refractivity contribution in [1.29, 1.82) is 0 Å². The molecule has 1 fully saturated rings. The highest BCUT2D eigenvalue weighted by Gasteiger charge is 2.35. The molecule has 1 aliphatic carbocycles. The Kier molecular flexibility index (Phi) is 5.03. The first-order valence-electron chi connectivity index (χ1n) is 7.03. The second kappa shape index (κ2) is 5.88. The lowest BCUT2D eigenvalue weighted by Gasteiger charge is -2.38. The molecule has 0 heterocycles. The van der Waals surface area contributed by atoms with Gasteiger partial charge >= 0.3 is 5.97 Å². The number of carbonyl (C=O) groups is 1. The summed E-state index contributed by atoms with van der Waals surface area (Å²) in [6, 6.07) is 0. The predicted octanol–water partition coefficient (Wildman–Crippen LogP) is 4.18. The summed E-state index contributed by atoms with van der Waals surface area (Å²) in [4.78, 5) is 11.8. The van der Waals surface area contributed by atoms with Gasteiger partial charge in [0.05, 0.1) is 0 Å². The van der Waals surface area contributed by atoms with Gasteiger partial charge in [-0.25, -0.2) is 0 Å². The first-order chi connectivity index (χ1) is 7.81. The van der Waals surface area contributed by atoms with Crippen LogP contribution < -0.4 is 0 Å². The lowest BCUT2D eigenvalue weighted by molar-refractivity contribution is -0.164. The molecule has 0 saturated heterocycles. The smallest absolute Gasteiger partial charge is 0.306 e. The van der Waals surface area contributed by atoms with E-state index in [-0.39, 0.29) is 11.6 Å². The maximum absolute atomic E-state index is 11.8. The SMILES string of the molecule is CC(C)CC(=O)OC(C)(C)C1CCC(C)CC1. The number of carbonyl (C=O) groups excluding carboxylic acids is 1. The molecule has 0 aromatic rings. The van der Waals surface area contributed by atoms with Crippen LogP contribution in [0.3, 0.4) is 0 Å². The van der Waals surface area contributed by atoms with Crippen molar-refractivity contribution in [3.8, 4) is 0 Å². The van der Waals surface area contributed by atoms with Crippen LogP contribution in [0.1, 0.15) is 66.7 Å². The van der Waals surface area contributed by atoms with Crippen molar-refractivity contribution in [2.24, 2.45) is 17.8 Å². The van der Waals surface area contributed by atoms with Crippen LogP contribution in [0.4, 0.5) is 0 Å². The third-order valence-electron chi connectivity index (χ3n) is 3.95. The van der Waals surface area contributed by atoms with Crippen LogP contribution in [0, 0.1) is 17.8 Å². The standard InChI is InChI=1S/C15H28O2/c1-11(2)10-14(16)17-15(4,5)13-8-6-12(3)7-9-13/h11-13H,6-10H2,1-5H3. The van der Waals surface area contributed by atoms with Crippen LogP contribution in [0.2, 0.25) is 0 Å². The molecule has 0 radical (unpaired) electrons. The van der Waals surface area contributed by atoms with Crippen LogP contribution in [0.5, 0.6) is 0 Å². The van der Waals surface area contributed by atoms with Crippen LogP contribution >= 0.6 is 0 Å². The fraction of sp³-hybridized carbons (Fsp3) is 0.933. The molecule has 0 bridgehead atoms. The highest BCUT2D eigenvalue weighted by Crippen LogP contribution is 2.37. The molecule has 0 aromatic heterocycles. The third-order valence-corrected chi connectivity index (χ3v) is 3.95. The van der Waals surface area contributed by atoms with Crippen LogP contribution in [-0.2, 0) is 9.53 Å². The largest absolute Gasteiger partial charge is 0.459 e. The maximum atomic E-state index is 11.8. The topological polar surface area (TPSA) is 26.3 Å². The van der Waals surface area contributed by atoms with E-state index in [2.05, 4.69) is 34.6 Å². The Hall–Kier alpha value is -0.530. The average molecular weight is 240 g/mol. The molecule has 1 rings (SSSR count). The van der Waals surface area contributed by atoms with E-state index in [0.717, 1.165) is 5.92 Å². The van der Waals surface area contributed by atoms with Gasteiger partial charge in [0.15, 0.2) is 0 Å². The van der Waals surface area contributed by atoms with Gasteiger partial charge in [0.1, 0.15) is 5.60 Å². The van der Waals surface area contributed by atoms with E-state index >= 15 is 0 Å². The molecule has 0 N–H and O–H groups in total. The van der Waals surface area contributed by atoms with Gasteiger partial charge in [0, 0.05) is 6.42 Å². The second-order valence-electron chi connectivity index (χ2n) is 6.63. The highest BCUT2D eigenvalue weighted by molar-refractivity contribution is 5.70.